The normalized spacial score (nSPS) is 11.7. The van der Waals surface area contributed by atoms with Gasteiger partial charge in [0.25, 0.3) is 0 Å². The number of guanidine groups is 1. The first-order valence-electron chi connectivity index (χ1n) is 9.64. The molecular formula is C22H24N6O. The molecule has 0 saturated carbocycles. The molecule has 148 valence electrons. The fourth-order valence-electron chi connectivity index (χ4n) is 3.18. The Morgan fingerprint density at radius 3 is 2.76 bits per heavy atom. The van der Waals surface area contributed by atoms with Crippen molar-refractivity contribution in [2.75, 3.05) is 13.7 Å². The minimum atomic E-state index is 0.536. The van der Waals surface area contributed by atoms with Crippen molar-refractivity contribution in [1.82, 2.24) is 25.2 Å². The van der Waals surface area contributed by atoms with E-state index in [1.807, 2.05) is 47.9 Å². The smallest absolute Gasteiger partial charge is 0.191 e. The molecule has 4 aromatic rings. The average molecular weight is 388 g/mol. The van der Waals surface area contributed by atoms with Crippen molar-refractivity contribution >= 4 is 22.4 Å². The monoisotopic (exact) mass is 388 g/mol. The van der Waals surface area contributed by atoms with Gasteiger partial charge in [0.1, 0.15) is 5.75 Å². The van der Waals surface area contributed by atoms with E-state index >= 15 is 0 Å². The fourth-order valence-corrected chi connectivity index (χ4v) is 3.18. The van der Waals surface area contributed by atoms with Gasteiger partial charge < -0.3 is 15.4 Å². The molecule has 0 radical (unpaired) electrons. The maximum absolute atomic E-state index is 5.29. The summed E-state index contributed by atoms with van der Waals surface area (Å²) in [5, 5.41) is 17.4. The Labute approximate surface area is 169 Å². The summed E-state index contributed by atoms with van der Waals surface area (Å²) in [7, 11) is 1.68. The number of rotatable bonds is 6. The molecule has 0 saturated heterocycles. The predicted molar refractivity (Wildman–Crippen MR) is 115 cm³/mol. The van der Waals surface area contributed by atoms with Gasteiger partial charge >= 0.3 is 0 Å². The highest BCUT2D eigenvalue weighted by molar-refractivity contribution is 5.84. The summed E-state index contributed by atoms with van der Waals surface area (Å²) in [6.07, 6.45) is 1.96. The Morgan fingerprint density at radius 2 is 1.90 bits per heavy atom. The second kappa shape index (κ2) is 8.60. The van der Waals surface area contributed by atoms with Crippen LogP contribution in [0.15, 0.2) is 65.8 Å². The van der Waals surface area contributed by atoms with Crippen LogP contribution in [0.1, 0.15) is 18.3 Å². The number of aliphatic imine (C=N–C) groups is 1. The van der Waals surface area contributed by atoms with Crippen LogP contribution in [-0.2, 0) is 13.1 Å². The Morgan fingerprint density at radius 1 is 1.03 bits per heavy atom. The van der Waals surface area contributed by atoms with E-state index in [9.17, 15) is 0 Å². The zero-order valence-electron chi connectivity index (χ0n) is 16.6. The third-order valence-corrected chi connectivity index (χ3v) is 4.67. The molecule has 0 bridgehead atoms. The van der Waals surface area contributed by atoms with Crippen LogP contribution in [0.25, 0.3) is 16.4 Å². The zero-order valence-corrected chi connectivity index (χ0v) is 16.6. The molecule has 7 heteroatoms. The summed E-state index contributed by atoms with van der Waals surface area (Å²) in [6, 6.07) is 18.3. The summed E-state index contributed by atoms with van der Waals surface area (Å²) < 4.78 is 7.26. The first-order valence-corrected chi connectivity index (χ1v) is 9.64. The summed E-state index contributed by atoms with van der Waals surface area (Å²) in [6.45, 7) is 3.95. The molecule has 2 aromatic carbocycles. The first kappa shape index (κ1) is 18.7. The number of ether oxygens (including phenoxy) is 1. The van der Waals surface area contributed by atoms with Crippen molar-refractivity contribution in [3.05, 3.63) is 72.2 Å². The van der Waals surface area contributed by atoms with E-state index in [0.717, 1.165) is 40.7 Å². The lowest BCUT2D eigenvalue weighted by Crippen LogP contribution is -2.37. The molecule has 29 heavy (non-hydrogen) atoms. The Kier molecular flexibility index (Phi) is 5.56. The number of methoxy groups -OCH3 is 1. The van der Waals surface area contributed by atoms with Crippen LogP contribution >= 0.6 is 0 Å². The van der Waals surface area contributed by atoms with Crippen LogP contribution in [-0.4, -0.2) is 34.2 Å². The van der Waals surface area contributed by atoms with Gasteiger partial charge in [-0.3, -0.25) is 4.40 Å². The molecule has 0 unspecified atom stereocenters. The van der Waals surface area contributed by atoms with Gasteiger partial charge in [-0.2, -0.15) is 0 Å². The SMILES string of the molecule is CCNC(=NCc1ccc2cc(OC)ccc2c1)NCc1nnc2ccccn12. The van der Waals surface area contributed by atoms with Gasteiger partial charge in [-0.1, -0.05) is 24.3 Å². The zero-order chi connectivity index (χ0) is 20.1. The molecule has 7 nitrogen and oxygen atoms in total. The minimum Gasteiger partial charge on any atom is -0.497 e. The number of nitrogens with zero attached hydrogens (tertiary/aromatic N) is 4. The lowest BCUT2D eigenvalue weighted by atomic mass is 10.1. The molecule has 0 aliphatic heterocycles. The maximum atomic E-state index is 5.29. The number of pyridine rings is 1. The van der Waals surface area contributed by atoms with Gasteiger partial charge in [0.15, 0.2) is 17.4 Å². The van der Waals surface area contributed by atoms with E-state index in [-0.39, 0.29) is 0 Å². The third kappa shape index (κ3) is 4.29. The second-order valence-corrected chi connectivity index (χ2v) is 6.64. The molecule has 0 aliphatic rings. The van der Waals surface area contributed by atoms with E-state index < -0.39 is 0 Å². The summed E-state index contributed by atoms with van der Waals surface area (Å²) in [4.78, 5) is 4.72. The molecule has 0 atom stereocenters. The van der Waals surface area contributed by atoms with Gasteiger partial charge in [0.05, 0.1) is 20.2 Å². The van der Waals surface area contributed by atoms with Crippen LogP contribution in [0.4, 0.5) is 0 Å². The third-order valence-electron chi connectivity index (χ3n) is 4.67. The Bertz CT molecular complexity index is 1150. The molecule has 2 aromatic heterocycles. The van der Waals surface area contributed by atoms with E-state index in [1.54, 1.807) is 7.11 Å². The van der Waals surface area contributed by atoms with E-state index in [1.165, 1.54) is 5.39 Å². The van der Waals surface area contributed by atoms with Crippen LogP contribution in [0, 0.1) is 0 Å². The maximum Gasteiger partial charge on any atom is 0.191 e. The number of nitrogens with one attached hydrogen (secondary N) is 2. The lowest BCUT2D eigenvalue weighted by molar-refractivity contribution is 0.415. The molecule has 4 rings (SSSR count). The topological polar surface area (TPSA) is 75.8 Å². The molecule has 0 aliphatic carbocycles. The molecule has 2 heterocycles. The summed E-state index contributed by atoms with van der Waals surface area (Å²) in [5.74, 6) is 2.45. The van der Waals surface area contributed by atoms with Gasteiger partial charge in [0.2, 0.25) is 0 Å². The number of hydrogen-bond acceptors (Lipinski definition) is 4. The van der Waals surface area contributed by atoms with E-state index in [0.29, 0.717) is 13.1 Å². The largest absolute Gasteiger partial charge is 0.497 e. The van der Waals surface area contributed by atoms with Gasteiger partial charge in [0, 0.05) is 12.7 Å². The Hall–Kier alpha value is -3.61. The number of benzene rings is 2. The molecule has 2 N–H and O–H groups in total. The van der Waals surface area contributed by atoms with Crippen molar-refractivity contribution in [1.29, 1.82) is 0 Å². The van der Waals surface area contributed by atoms with Crippen LogP contribution in [0.5, 0.6) is 5.75 Å². The molecule has 0 fully saturated rings. The average Bonchev–Trinajstić information content (AvgIpc) is 3.18. The Balaban J connectivity index is 1.47. The minimum absolute atomic E-state index is 0.536. The first-order chi connectivity index (χ1) is 14.3. The van der Waals surface area contributed by atoms with Crippen LogP contribution < -0.4 is 15.4 Å². The van der Waals surface area contributed by atoms with Crippen LogP contribution in [0.2, 0.25) is 0 Å². The van der Waals surface area contributed by atoms with Crippen molar-refractivity contribution in [3.63, 3.8) is 0 Å². The van der Waals surface area contributed by atoms with Crippen molar-refractivity contribution < 1.29 is 4.74 Å². The van der Waals surface area contributed by atoms with E-state index in [2.05, 4.69) is 45.1 Å². The molecule has 0 amide bonds. The summed E-state index contributed by atoms with van der Waals surface area (Å²) >= 11 is 0. The number of fused-ring (bicyclic) bond motifs is 2. The number of aromatic nitrogens is 3. The second-order valence-electron chi connectivity index (χ2n) is 6.64. The lowest BCUT2D eigenvalue weighted by Gasteiger charge is -2.11. The van der Waals surface area contributed by atoms with Crippen molar-refractivity contribution in [2.24, 2.45) is 4.99 Å². The highest BCUT2D eigenvalue weighted by Gasteiger charge is 2.06. The van der Waals surface area contributed by atoms with Gasteiger partial charge in [-0.05, 0) is 53.6 Å². The molecule has 0 spiro atoms. The quantitative estimate of drug-likeness (QED) is 0.392. The number of hydrogen-bond donors (Lipinski definition) is 2. The van der Waals surface area contributed by atoms with Crippen LogP contribution in [0.3, 0.4) is 0 Å². The van der Waals surface area contributed by atoms with Crippen molar-refractivity contribution in [2.45, 2.75) is 20.0 Å². The van der Waals surface area contributed by atoms with Gasteiger partial charge in [-0.15, -0.1) is 10.2 Å². The van der Waals surface area contributed by atoms with Gasteiger partial charge in [-0.25, -0.2) is 4.99 Å². The highest BCUT2D eigenvalue weighted by atomic mass is 16.5. The predicted octanol–water partition coefficient (Wildman–Crippen LogP) is 3.15. The van der Waals surface area contributed by atoms with Crippen molar-refractivity contribution in [3.8, 4) is 5.75 Å². The fraction of sp³-hybridized carbons (Fsp3) is 0.227. The standard InChI is InChI=1S/C22H24N6O/c1-3-23-22(25-15-21-27-26-20-6-4-5-11-28(20)21)24-14-16-7-8-18-13-19(29-2)10-9-17(18)12-16/h4-13H,3,14-15H2,1-2H3,(H2,23,24,25). The van der Waals surface area contributed by atoms with E-state index in [4.69, 9.17) is 9.73 Å². The summed E-state index contributed by atoms with van der Waals surface area (Å²) in [5.41, 5.74) is 1.98. The highest BCUT2D eigenvalue weighted by Crippen LogP contribution is 2.22. The molecular weight excluding hydrogens is 364 g/mol.